The third kappa shape index (κ3) is 7.66. The average Bonchev–Trinajstić information content (AvgIpc) is 3.37. The van der Waals surface area contributed by atoms with Crippen LogP contribution in [0, 0.1) is 0 Å². The van der Waals surface area contributed by atoms with Crippen molar-refractivity contribution < 1.29 is 32.5 Å². The molecule has 0 saturated carbocycles. The van der Waals surface area contributed by atoms with Crippen LogP contribution in [-0.4, -0.2) is 75.6 Å². The third-order valence-corrected chi connectivity index (χ3v) is 7.67. The third-order valence-electron chi connectivity index (χ3n) is 5.79. The lowest BCUT2D eigenvalue weighted by molar-refractivity contribution is 0.0649. The van der Waals surface area contributed by atoms with E-state index in [1.54, 1.807) is 12.1 Å². The van der Waals surface area contributed by atoms with Gasteiger partial charge in [-0.05, 0) is 42.7 Å². The Morgan fingerprint density at radius 3 is 2.51 bits per heavy atom. The van der Waals surface area contributed by atoms with Crippen molar-refractivity contribution in [2.45, 2.75) is 49.3 Å². The smallest absolute Gasteiger partial charge is 0.407 e. The summed E-state index contributed by atoms with van der Waals surface area (Å²) >= 11 is 0. The number of aliphatic hydroxyl groups excluding tert-OH is 1. The molecule has 1 aliphatic rings. The van der Waals surface area contributed by atoms with E-state index in [2.05, 4.69) is 5.32 Å². The molecule has 0 aromatic heterocycles. The quantitative estimate of drug-likeness (QED) is 0.455. The second kappa shape index (κ2) is 12.9. The zero-order chi connectivity index (χ0) is 25.3. The van der Waals surface area contributed by atoms with E-state index in [0.717, 1.165) is 5.56 Å². The summed E-state index contributed by atoms with van der Waals surface area (Å²) in [6.45, 7) is 2.76. The molecule has 1 saturated heterocycles. The Morgan fingerprint density at radius 2 is 1.91 bits per heavy atom. The maximum Gasteiger partial charge on any atom is 0.407 e. The Balaban J connectivity index is 1.77. The molecule has 2 aromatic rings. The molecule has 0 aliphatic carbocycles. The summed E-state index contributed by atoms with van der Waals surface area (Å²) in [7, 11) is -2.37. The van der Waals surface area contributed by atoms with Crippen molar-refractivity contribution in [2.75, 3.05) is 33.4 Å². The number of benzene rings is 2. The number of amides is 1. The molecular weight excluding hydrogens is 472 g/mol. The van der Waals surface area contributed by atoms with E-state index < -0.39 is 28.3 Å². The lowest BCUT2D eigenvalue weighted by atomic mass is 10.0. The first-order valence-electron chi connectivity index (χ1n) is 11.7. The number of carbonyl (C=O) groups is 1. The Labute approximate surface area is 207 Å². The molecule has 9 nitrogen and oxygen atoms in total. The first-order valence-corrected chi connectivity index (χ1v) is 13.2. The van der Waals surface area contributed by atoms with Gasteiger partial charge in [0.05, 0.1) is 37.4 Å². The van der Waals surface area contributed by atoms with Gasteiger partial charge < -0.3 is 24.6 Å². The van der Waals surface area contributed by atoms with Crippen LogP contribution in [0.5, 0.6) is 5.75 Å². The number of rotatable bonds is 12. The van der Waals surface area contributed by atoms with Crippen molar-refractivity contribution in [1.29, 1.82) is 0 Å². The highest BCUT2D eigenvalue weighted by Crippen LogP contribution is 2.21. The molecule has 1 aliphatic heterocycles. The Morgan fingerprint density at radius 1 is 1.20 bits per heavy atom. The molecule has 0 bridgehead atoms. The van der Waals surface area contributed by atoms with Crippen molar-refractivity contribution in [1.82, 2.24) is 9.62 Å². The van der Waals surface area contributed by atoms with Gasteiger partial charge in [-0.2, -0.15) is 4.31 Å². The molecule has 2 aromatic carbocycles. The van der Waals surface area contributed by atoms with Gasteiger partial charge in [0.2, 0.25) is 10.0 Å². The largest absolute Gasteiger partial charge is 0.497 e. The van der Waals surface area contributed by atoms with Crippen LogP contribution in [0.1, 0.15) is 25.3 Å². The second-order valence-corrected chi connectivity index (χ2v) is 10.4. The van der Waals surface area contributed by atoms with Gasteiger partial charge in [0.15, 0.2) is 0 Å². The van der Waals surface area contributed by atoms with Crippen molar-refractivity contribution in [3.63, 3.8) is 0 Å². The van der Waals surface area contributed by atoms with E-state index >= 15 is 0 Å². The second-order valence-electron chi connectivity index (χ2n) is 8.44. The Kier molecular flexibility index (Phi) is 9.91. The number of carbonyl (C=O) groups excluding carboxylic acids is 1. The minimum absolute atomic E-state index is 0.104. The minimum Gasteiger partial charge on any atom is -0.497 e. The maximum atomic E-state index is 13.3. The number of methoxy groups -OCH3 is 1. The molecule has 3 rings (SSSR count). The first-order chi connectivity index (χ1) is 16.8. The number of alkyl carbamates (subject to hydrolysis) is 1. The number of hydrogen-bond acceptors (Lipinski definition) is 7. The van der Waals surface area contributed by atoms with Gasteiger partial charge in [-0.1, -0.05) is 37.3 Å². The molecule has 192 valence electrons. The Bertz CT molecular complexity index is 1030. The summed E-state index contributed by atoms with van der Waals surface area (Å²) in [6.07, 6.45) is -0.702. The highest BCUT2D eigenvalue weighted by atomic mass is 32.2. The lowest BCUT2D eigenvalue weighted by Gasteiger charge is -2.29. The number of ether oxygens (including phenoxy) is 3. The van der Waals surface area contributed by atoms with Gasteiger partial charge >= 0.3 is 6.09 Å². The monoisotopic (exact) mass is 506 g/mol. The Hall–Kier alpha value is -2.66. The summed E-state index contributed by atoms with van der Waals surface area (Å²) < 4.78 is 43.7. The summed E-state index contributed by atoms with van der Waals surface area (Å²) in [6, 6.07) is 14.7. The van der Waals surface area contributed by atoms with Crippen LogP contribution in [0.4, 0.5) is 4.79 Å². The molecular formula is C25H34N2O7S. The van der Waals surface area contributed by atoms with Gasteiger partial charge in [-0.25, -0.2) is 13.2 Å². The summed E-state index contributed by atoms with van der Waals surface area (Å²) in [4.78, 5) is 12.7. The highest BCUT2D eigenvalue weighted by molar-refractivity contribution is 7.89. The predicted molar refractivity (Wildman–Crippen MR) is 131 cm³/mol. The predicted octanol–water partition coefficient (Wildman–Crippen LogP) is 2.58. The summed E-state index contributed by atoms with van der Waals surface area (Å²) in [5, 5.41) is 13.9. The number of hydrogen-bond donors (Lipinski definition) is 2. The van der Waals surface area contributed by atoms with E-state index in [1.165, 1.54) is 23.5 Å². The SMILES string of the molecule is CCCN(C[C@@H](O)[C@H](Cc1ccccc1)NC(=O)O[C@H]1CCOC1)S(=O)(=O)c1ccc(OC)cc1. The van der Waals surface area contributed by atoms with E-state index in [-0.39, 0.29) is 24.1 Å². The van der Waals surface area contributed by atoms with Crippen LogP contribution < -0.4 is 10.1 Å². The average molecular weight is 507 g/mol. The molecule has 0 spiro atoms. The van der Waals surface area contributed by atoms with E-state index in [4.69, 9.17) is 14.2 Å². The van der Waals surface area contributed by atoms with Gasteiger partial charge in [-0.15, -0.1) is 0 Å². The van der Waals surface area contributed by atoms with Gasteiger partial charge in [-0.3, -0.25) is 0 Å². The van der Waals surface area contributed by atoms with Crippen molar-refractivity contribution in [2.24, 2.45) is 0 Å². The number of sulfonamides is 1. The fraction of sp³-hybridized carbons (Fsp3) is 0.480. The molecule has 2 N–H and O–H groups in total. The van der Waals surface area contributed by atoms with Crippen LogP contribution in [-0.2, 0) is 25.9 Å². The lowest BCUT2D eigenvalue weighted by Crippen LogP contribution is -2.51. The van der Waals surface area contributed by atoms with Crippen LogP contribution in [0.15, 0.2) is 59.5 Å². The van der Waals surface area contributed by atoms with E-state index in [1.807, 2.05) is 37.3 Å². The number of aliphatic hydroxyl groups is 1. The molecule has 1 fully saturated rings. The van der Waals surface area contributed by atoms with Crippen LogP contribution in [0.25, 0.3) is 0 Å². The maximum absolute atomic E-state index is 13.3. The number of nitrogens with zero attached hydrogens (tertiary/aromatic N) is 1. The molecule has 1 heterocycles. The molecule has 3 atom stereocenters. The standard InChI is InChI=1S/C25H34N2O7S/c1-3-14-27(35(30,31)22-11-9-20(32-2)10-12-22)17-24(28)23(16-19-7-5-4-6-8-19)26-25(29)34-21-13-15-33-18-21/h4-12,21,23-24,28H,3,13-18H2,1-2H3,(H,26,29)/t21-,23-,24+/m0/s1. The molecule has 0 unspecified atom stereocenters. The first kappa shape index (κ1) is 26.9. The summed E-state index contributed by atoms with van der Waals surface area (Å²) in [5.41, 5.74) is 0.890. The molecule has 0 radical (unpaired) electrons. The van der Waals surface area contributed by atoms with Crippen molar-refractivity contribution in [3.05, 3.63) is 60.2 Å². The fourth-order valence-electron chi connectivity index (χ4n) is 3.89. The van der Waals surface area contributed by atoms with Gasteiger partial charge in [0, 0.05) is 19.5 Å². The number of nitrogens with one attached hydrogen (secondary N) is 1. The van der Waals surface area contributed by atoms with Crippen LogP contribution >= 0.6 is 0 Å². The van der Waals surface area contributed by atoms with E-state index in [9.17, 15) is 18.3 Å². The summed E-state index contributed by atoms with van der Waals surface area (Å²) in [5.74, 6) is 0.546. The van der Waals surface area contributed by atoms with Crippen molar-refractivity contribution in [3.8, 4) is 5.75 Å². The van der Waals surface area contributed by atoms with Crippen LogP contribution in [0.3, 0.4) is 0 Å². The molecule has 10 heteroatoms. The van der Waals surface area contributed by atoms with Gasteiger partial charge in [0.1, 0.15) is 11.9 Å². The molecule has 1 amide bonds. The fourth-order valence-corrected chi connectivity index (χ4v) is 5.44. The molecule has 35 heavy (non-hydrogen) atoms. The topological polar surface area (TPSA) is 114 Å². The minimum atomic E-state index is -3.88. The normalized spacial score (nSPS) is 17.7. The van der Waals surface area contributed by atoms with Gasteiger partial charge in [0.25, 0.3) is 0 Å². The van der Waals surface area contributed by atoms with E-state index in [0.29, 0.717) is 38.2 Å². The van der Waals surface area contributed by atoms with Crippen LogP contribution in [0.2, 0.25) is 0 Å². The zero-order valence-corrected chi connectivity index (χ0v) is 20.9. The highest BCUT2D eigenvalue weighted by Gasteiger charge is 2.31. The zero-order valence-electron chi connectivity index (χ0n) is 20.1. The van der Waals surface area contributed by atoms with Crippen molar-refractivity contribution >= 4 is 16.1 Å².